The number of hydrogen-bond acceptors (Lipinski definition) is 3. The first-order valence-corrected chi connectivity index (χ1v) is 7.68. The number of hydrogen-bond donors (Lipinski definition) is 0. The topological polar surface area (TPSA) is 49.0 Å². The molecule has 0 aliphatic carbocycles. The summed E-state index contributed by atoms with van der Waals surface area (Å²) in [5, 5.41) is 5.55. The van der Waals surface area contributed by atoms with Gasteiger partial charge in [-0.05, 0) is 39.0 Å². The van der Waals surface area contributed by atoms with Crippen LogP contribution in [0.3, 0.4) is 0 Å². The lowest BCUT2D eigenvalue weighted by molar-refractivity contribution is 0.0537. The maximum absolute atomic E-state index is 12.0. The van der Waals surface area contributed by atoms with Crippen LogP contribution in [-0.2, 0) is 4.74 Å². The lowest BCUT2D eigenvalue weighted by atomic mass is 10.2. The highest BCUT2D eigenvalue weighted by Crippen LogP contribution is 2.20. The molecule has 0 aliphatic rings. The van der Waals surface area contributed by atoms with Gasteiger partial charge in [-0.1, -0.05) is 22.0 Å². The van der Waals surface area contributed by atoms with E-state index in [0.29, 0.717) is 0 Å². The van der Waals surface area contributed by atoms with Crippen LogP contribution in [0.1, 0.15) is 20.8 Å². The van der Waals surface area contributed by atoms with E-state index < -0.39 is 11.7 Å². The average molecular weight is 362 g/mol. The molecule has 0 radical (unpaired) electrons. The predicted molar refractivity (Wildman–Crippen MR) is 88.4 cm³/mol. The molecule has 0 atom stereocenters. The van der Waals surface area contributed by atoms with Gasteiger partial charge in [0.15, 0.2) is 0 Å². The van der Waals surface area contributed by atoms with Crippen LogP contribution < -0.4 is 0 Å². The summed E-state index contributed by atoms with van der Waals surface area (Å²) in [6, 6.07) is 7.75. The molecule has 2 heterocycles. The van der Waals surface area contributed by atoms with E-state index in [1.165, 1.54) is 4.57 Å². The summed E-state index contributed by atoms with van der Waals surface area (Å²) in [6.45, 7) is 5.52. The highest BCUT2D eigenvalue weighted by atomic mass is 79.9. The number of carbonyl (C=O) groups excluding carboxylic acids is 1. The summed E-state index contributed by atoms with van der Waals surface area (Å²) in [6.07, 6.45) is 4.90. The molecule has 3 rings (SSSR count). The Hall–Kier alpha value is -2.08. The second kappa shape index (κ2) is 5.28. The Balaban J connectivity index is 1.90. The molecule has 2 aromatic heterocycles. The SMILES string of the molecule is CC(C)(C)OC(=O)n1ccc(-n2cc3ccc(Br)cc3n2)c1. The fourth-order valence-electron chi connectivity index (χ4n) is 2.07. The Labute approximate surface area is 136 Å². The van der Waals surface area contributed by atoms with Crippen LogP contribution in [0.15, 0.2) is 47.3 Å². The summed E-state index contributed by atoms with van der Waals surface area (Å²) < 4.78 is 9.49. The number of halogens is 1. The van der Waals surface area contributed by atoms with Crippen LogP contribution in [0, 0.1) is 0 Å². The normalized spacial score (nSPS) is 11.8. The number of nitrogens with zero attached hydrogens (tertiary/aromatic N) is 3. The van der Waals surface area contributed by atoms with Crippen molar-refractivity contribution in [3.05, 3.63) is 47.3 Å². The van der Waals surface area contributed by atoms with Crippen molar-refractivity contribution in [3.63, 3.8) is 0 Å². The number of aromatic nitrogens is 3. The molecule has 22 heavy (non-hydrogen) atoms. The highest BCUT2D eigenvalue weighted by Gasteiger charge is 2.18. The zero-order chi connectivity index (χ0) is 15.9. The smallest absolute Gasteiger partial charge is 0.418 e. The summed E-state index contributed by atoms with van der Waals surface area (Å²) >= 11 is 3.43. The zero-order valence-electron chi connectivity index (χ0n) is 12.6. The lowest BCUT2D eigenvalue weighted by Gasteiger charge is -2.19. The van der Waals surface area contributed by atoms with Crippen LogP contribution in [0.4, 0.5) is 4.79 Å². The number of benzene rings is 1. The third-order valence-electron chi connectivity index (χ3n) is 3.02. The lowest BCUT2D eigenvalue weighted by Crippen LogP contribution is -2.26. The fourth-order valence-corrected chi connectivity index (χ4v) is 2.42. The molecule has 0 saturated carbocycles. The molecule has 0 saturated heterocycles. The Morgan fingerprint density at radius 1 is 1.23 bits per heavy atom. The van der Waals surface area contributed by atoms with Crippen LogP contribution in [0.25, 0.3) is 16.6 Å². The minimum Gasteiger partial charge on any atom is -0.443 e. The number of rotatable bonds is 1. The van der Waals surface area contributed by atoms with Gasteiger partial charge >= 0.3 is 6.09 Å². The molecular formula is C16H16BrN3O2. The Morgan fingerprint density at radius 3 is 2.73 bits per heavy atom. The van der Waals surface area contributed by atoms with Gasteiger partial charge in [-0.15, -0.1) is 0 Å². The van der Waals surface area contributed by atoms with E-state index in [0.717, 1.165) is 21.1 Å². The fraction of sp³-hybridized carbons (Fsp3) is 0.250. The highest BCUT2D eigenvalue weighted by molar-refractivity contribution is 9.10. The summed E-state index contributed by atoms with van der Waals surface area (Å²) in [5.74, 6) is 0. The van der Waals surface area contributed by atoms with Crippen molar-refractivity contribution >= 4 is 32.9 Å². The molecule has 114 valence electrons. The first-order chi connectivity index (χ1) is 10.3. The van der Waals surface area contributed by atoms with E-state index in [-0.39, 0.29) is 0 Å². The molecule has 0 bridgehead atoms. The van der Waals surface area contributed by atoms with Crippen LogP contribution in [0.5, 0.6) is 0 Å². The molecule has 0 N–H and O–H groups in total. The van der Waals surface area contributed by atoms with Crippen LogP contribution in [0.2, 0.25) is 0 Å². The van der Waals surface area contributed by atoms with Crippen molar-refractivity contribution in [1.82, 2.24) is 14.3 Å². The molecule has 3 aromatic rings. The van der Waals surface area contributed by atoms with Gasteiger partial charge in [-0.3, -0.25) is 4.57 Å². The van der Waals surface area contributed by atoms with E-state index in [4.69, 9.17) is 4.74 Å². The Bertz CT molecular complexity index is 843. The minimum atomic E-state index is -0.520. The summed E-state index contributed by atoms with van der Waals surface area (Å²) in [7, 11) is 0. The zero-order valence-corrected chi connectivity index (χ0v) is 14.2. The Morgan fingerprint density at radius 2 is 2.00 bits per heavy atom. The first-order valence-electron chi connectivity index (χ1n) is 6.88. The van der Waals surface area contributed by atoms with Gasteiger partial charge in [-0.2, -0.15) is 5.10 Å². The van der Waals surface area contributed by atoms with E-state index in [1.54, 1.807) is 17.1 Å². The second-order valence-corrected chi connectivity index (χ2v) is 6.95. The molecule has 0 aliphatic heterocycles. The van der Waals surface area contributed by atoms with Gasteiger partial charge in [-0.25, -0.2) is 9.48 Å². The molecule has 5 nitrogen and oxygen atoms in total. The number of carbonyl (C=O) groups is 1. The van der Waals surface area contributed by atoms with Gasteiger partial charge < -0.3 is 4.74 Å². The van der Waals surface area contributed by atoms with E-state index >= 15 is 0 Å². The van der Waals surface area contributed by atoms with Gasteiger partial charge in [0.25, 0.3) is 0 Å². The van der Waals surface area contributed by atoms with Crippen LogP contribution in [-0.4, -0.2) is 26.0 Å². The molecule has 0 amide bonds. The molecular weight excluding hydrogens is 346 g/mol. The van der Waals surface area contributed by atoms with E-state index in [1.807, 2.05) is 51.2 Å². The van der Waals surface area contributed by atoms with Crippen molar-refractivity contribution in [1.29, 1.82) is 0 Å². The minimum absolute atomic E-state index is 0.404. The van der Waals surface area contributed by atoms with Crippen molar-refractivity contribution in [2.75, 3.05) is 0 Å². The van der Waals surface area contributed by atoms with Crippen molar-refractivity contribution in [2.24, 2.45) is 0 Å². The third-order valence-corrected chi connectivity index (χ3v) is 3.51. The maximum Gasteiger partial charge on any atom is 0.418 e. The average Bonchev–Trinajstić information content (AvgIpc) is 3.02. The van der Waals surface area contributed by atoms with E-state index in [2.05, 4.69) is 21.0 Å². The molecule has 6 heteroatoms. The second-order valence-electron chi connectivity index (χ2n) is 6.03. The van der Waals surface area contributed by atoms with Crippen molar-refractivity contribution in [2.45, 2.75) is 26.4 Å². The van der Waals surface area contributed by atoms with Gasteiger partial charge in [0, 0.05) is 28.4 Å². The van der Waals surface area contributed by atoms with Crippen molar-refractivity contribution < 1.29 is 9.53 Å². The van der Waals surface area contributed by atoms with Gasteiger partial charge in [0.1, 0.15) is 5.60 Å². The first kappa shape index (κ1) is 14.8. The quantitative estimate of drug-likeness (QED) is 0.646. The molecule has 0 spiro atoms. The van der Waals surface area contributed by atoms with E-state index in [9.17, 15) is 4.79 Å². The standard InChI is InChI=1S/C16H16BrN3O2/c1-16(2,3)22-15(21)19-7-6-13(10-19)20-9-11-4-5-12(17)8-14(11)18-20/h4-10H,1-3H3. The largest absolute Gasteiger partial charge is 0.443 e. The van der Waals surface area contributed by atoms with Crippen LogP contribution >= 0.6 is 15.9 Å². The summed E-state index contributed by atoms with van der Waals surface area (Å²) in [4.78, 5) is 12.0. The Kier molecular flexibility index (Phi) is 3.56. The van der Waals surface area contributed by atoms with Crippen molar-refractivity contribution in [3.8, 4) is 5.69 Å². The monoisotopic (exact) mass is 361 g/mol. The van der Waals surface area contributed by atoms with Gasteiger partial charge in [0.2, 0.25) is 0 Å². The molecule has 0 unspecified atom stereocenters. The molecule has 1 aromatic carbocycles. The third kappa shape index (κ3) is 3.06. The number of ether oxygens (including phenoxy) is 1. The maximum atomic E-state index is 12.0. The summed E-state index contributed by atoms with van der Waals surface area (Å²) in [5.41, 5.74) is 1.17. The number of fused-ring (bicyclic) bond motifs is 1. The predicted octanol–water partition coefficient (Wildman–Crippen LogP) is 4.37. The molecule has 0 fully saturated rings. The van der Waals surface area contributed by atoms with Gasteiger partial charge in [0.05, 0.1) is 11.2 Å².